The molecule has 2 aromatic carbocycles. The van der Waals surface area contributed by atoms with Crippen LogP contribution in [-0.2, 0) is 0 Å². The van der Waals surface area contributed by atoms with Gasteiger partial charge in [-0.25, -0.2) is 4.39 Å². The van der Waals surface area contributed by atoms with Gasteiger partial charge >= 0.3 is 0 Å². The van der Waals surface area contributed by atoms with Crippen LogP contribution in [0.3, 0.4) is 0 Å². The largest absolute Gasteiger partial charge is 0.366 e. The molecule has 1 heterocycles. The molecule has 6 heteroatoms. The van der Waals surface area contributed by atoms with Gasteiger partial charge in [-0.1, -0.05) is 29.8 Å². The summed E-state index contributed by atoms with van der Waals surface area (Å²) in [5, 5.41) is 20.2. The van der Waals surface area contributed by atoms with Gasteiger partial charge in [0.15, 0.2) is 0 Å². The van der Waals surface area contributed by atoms with Crippen LogP contribution in [0.4, 0.5) is 10.1 Å². The number of aromatic nitrogens is 2. The zero-order valence-electron chi connectivity index (χ0n) is 10.8. The number of nitriles is 1. The molecule has 2 N–H and O–H groups in total. The molecule has 0 radical (unpaired) electrons. The predicted molar refractivity (Wildman–Crippen MR) is 79.5 cm³/mol. The van der Waals surface area contributed by atoms with E-state index in [1.165, 1.54) is 12.1 Å². The molecule has 0 saturated heterocycles. The van der Waals surface area contributed by atoms with Crippen LogP contribution in [0.2, 0.25) is 5.02 Å². The molecule has 0 amide bonds. The zero-order chi connectivity index (χ0) is 14.8. The normalized spacial score (nSPS) is 12.0. The van der Waals surface area contributed by atoms with E-state index in [9.17, 15) is 9.65 Å². The Morgan fingerprint density at radius 3 is 2.95 bits per heavy atom. The second-order valence-electron chi connectivity index (χ2n) is 4.52. The number of fused-ring (bicyclic) bond motifs is 1. The van der Waals surface area contributed by atoms with Crippen LogP contribution in [0.5, 0.6) is 0 Å². The minimum atomic E-state index is -0.601. The second-order valence-corrected chi connectivity index (χ2v) is 4.92. The summed E-state index contributed by atoms with van der Waals surface area (Å²) in [6, 6.07) is 11.4. The predicted octanol–water partition coefficient (Wildman–Crippen LogP) is 4.03. The standard InChI is InChI=1S/C15H10ClFN4/c16-12-6-10(4-5-13(12)17)20-14(7-18)11-3-1-2-9-8-19-21-15(9)11/h1-6,8,14,20H,(H,19,21). The summed E-state index contributed by atoms with van der Waals surface area (Å²) in [5.74, 6) is -0.494. The lowest BCUT2D eigenvalue weighted by atomic mass is 10.0. The second kappa shape index (κ2) is 5.43. The minimum Gasteiger partial charge on any atom is -0.366 e. The molecule has 0 bridgehead atoms. The number of anilines is 1. The highest BCUT2D eigenvalue weighted by atomic mass is 35.5. The van der Waals surface area contributed by atoms with Gasteiger partial charge in [0.05, 0.1) is 22.8 Å². The average Bonchev–Trinajstić information content (AvgIpc) is 2.97. The Balaban J connectivity index is 1.97. The SMILES string of the molecule is N#CC(Nc1ccc(F)c(Cl)c1)c1cccc2cn[nH]c12. The summed E-state index contributed by atoms with van der Waals surface area (Å²) in [4.78, 5) is 0. The zero-order valence-corrected chi connectivity index (χ0v) is 11.5. The maximum atomic E-state index is 13.2. The van der Waals surface area contributed by atoms with Crippen molar-refractivity contribution in [1.29, 1.82) is 5.26 Å². The van der Waals surface area contributed by atoms with E-state index in [0.29, 0.717) is 5.69 Å². The van der Waals surface area contributed by atoms with Crippen LogP contribution in [0.25, 0.3) is 10.9 Å². The highest BCUT2D eigenvalue weighted by molar-refractivity contribution is 6.31. The lowest BCUT2D eigenvalue weighted by Gasteiger charge is -2.14. The molecule has 0 spiro atoms. The van der Waals surface area contributed by atoms with Crippen LogP contribution in [0, 0.1) is 17.1 Å². The van der Waals surface area contributed by atoms with Gasteiger partial charge in [-0.05, 0) is 18.2 Å². The Morgan fingerprint density at radius 2 is 2.19 bits per heavy atom. The van der Waals surface area contributed by atoms with Gasteiger partial charge in [0, 0.05) is 16.6 Å². The molecule has 3 aromatic rings. The lowest BCUT2D eigenvalue weighted by molar-refractivity contribution is 0.628. The summed E-state index contributed by atoms with van der Waals surface area (Å²) in [6.45, 7) is 0. The first kappa shape index (κ1) is 13.4. The van der Waals surface area contributed by atoms with E-state index in [1.807, 2.05) is 18.2 Å². The smallest absolute Gasteiger partial charge is 0.142 e. The Morgan fingerprint density at radius 1 is 1.33 bits per heavy atom. The Labute approximate surface area is 125 Å². The minimum absolute atomic E-state index is 0.0106. The molecular formula is C15H10ClFN4. The molecule has 0 fully saturated rings. The monoisotopic (exact) mass is 300 g/mol. The molecule has 1 atom stereocenters. The van der Waals surface area contributed by atoms with Crippen molar-refractivity contribution in [3.8, 4) is 6.07 Å². The molecule has 1 aromatic heterocycles. The first-order valence-corrected chi connectivity index (χ1v) is 6.60. The van der Waals surface area contributed by atoms with Crippen molar-refractivity contribution in [2.24, 2.45) is 0 Å². The van der Waals surface area contributed by atoms with Gasteiger partial charge in [0.25, 0.3) is 0 Å². The first-order chi connectivity index (χ1) is 10.2. The van der Waals surface area contributed by atoms with Crippen molar-refractivity contribution in [1.82, 2.24) is 10.2 Å². The summed E-state index contributed by atoms with van der Waals surface area (Å²) >= 11 is 5.75. The average molecular weight is 301 g/mol. The van der Waals surface area contributed by atoms with Gasteiger partial charge in [-0.3, -0.25) is 5.10 Å². The van der Waals surface area contributed by atoms with Crippen LogP contribution in [0.15, 0.2) is 42.6 Å². The van der Waals surface area contributed by atoms with E-state index in [4.69, 9.17) is 11.6 Å². The van der Waals surface area contributed by atoms with E-state index in [0.717, 1.165) is 16.5 Å². The number of nitrogens with zero attached hydrogens (tertiary/aromatic N) is 2. The van der Waals surface area contributed by atoms with Crippen LogP contribution < -0.4 is 5.32 Å². The fourth-order valence-corrected chi connectivity index (χ4v) is 2.35. The number of halogens is 2. The molecule has 0 aliphatic heterocycles. The Kier molecular flexibility index (Phi) is 3.46. The fraction of sp³-hybridized carbons (Fsp3) is 0.0667. The van der Waals surface area contributed by atoms with E-state index in [-0.39, 0.29) is 5.02 Å². The van der Waals surface area contributed by atoms with E-state index in [2.05, 4.69) is 21.6 Å². The molecule has 0 aliphatic carbocycles. The van der Waals surface area contributed by atoms with Crippen LogP contribution in [0.1, 0.15) is 11.6 Å². The highest BCUT2D eigenvalue weighted by Crippen LogP contribution is 2.27. The quantitative estimate of drug-likeness (QED) is 0.767. The number of nitrogens with one attached hydrogen (secondary N) is 2. The van der Waals surface area contributed by atoms with Gasteiger partial charge in [0.2, 0.25) is 0 Å². The molecule has 1 unspecified atom stereocenters. The number of benzene rings is 2. The topological polar surface area (TPSA) is 64.5 Å². The highest BCUT2D eigenvalue weighted by Gasteiger charge is 2.15. The Hall–Kier alpha value is -2.58. The van der Waals surface area contributed by atoms with Crippen molar-refractivity contribution in [2.45, 2.75) is 6.04 Å². The van der Waals surface area contributed by atoms with Crippen molar-refractivity contribution < 1.29 is 4.39 Å². The maximum absolute atomic E-state index is 13.2. The fourth-order valence-electron chi connectivity index (χ4n) is 2.16. The van der Waals surface area contributed by atoms with Gasteiger partial charge < -0.3 is 5.32 Å². The molecule has 104 valence electrons. The van der Waals surface area contributed by atoms with Crippen molar-refractivity contribution in [2.75, 3.05) is 5.32 Å². The first-order valence-electron chi connectivity index (χ1n) is 6.22. The van der Waals surface area contributed by atoms with Crippen LogP contribution >= 0.6 is 11.6 Å². The van der Waals surface area contributed by atoms with Crippen molar-refractivity contribution in [3.05, 3.63) is 59.0 Å². The third-order valence-electron chi connectivity index (χ3n) is 3.18. The number of H-pyrrole nitrogens is 1. The number of aromatic amines is 1. The number of para-hydroxylation sites is 1. The molecule has 4 nitrogen and oxygen atoms in total. The van der Waals surface area contributed by atoms with Crippen molar-refractivity contribution in [3.63, 3.8) is 0 Å². The third-order valence-corrected chi connectivity index (χ3v) is 3.47. The summed E-state index contributed by atoms with van der Waals surface area (Å²) in [7, 11) is 0. The Bertz CT molecular complexity index is 837. The summed E-state index contributed by atoms with van der Waals surface area (Å²) < 4.78 is 13.2. The number of hydrogen-bond donors (Lipinski definition) is 2. The van der Waals surface area contributed by atoms with E-state index in [1.54, 1.807) is 12.3 Å². The van der Waals surface area contributed by atoms with Gasteiger partial charge in [-0.15, -0.1) is 0 Å². The molecule has 0 aliphatic rings. The third kappa shape index (κ3) is 2.54. The molecular weight excluding hydrogens is 291 g/mol. The summed E-state index contributed by atoms with van der Waals surface area (Å²) in [5.41, 5.74) is 2.14. The summed E-state index contributed by atoms with van der Waals surface area (Å²) in [6.07, 6.45) is 1.70. The van der Waals surface area contributed by atoms with Crippen LogP contribution in [-0.4, -0.2) is 10.2 Å². The molecule has 0 saturated carbocycles. The van der Waals surface area contributed by atoms with Gasteiger partial charge in [-0.2, -0.15) is 10.4 Å². The molecule has 3 rings (SSSR count). The van der Waals surface area contributed by atoms with E-state index >= 15 is 0 Å². The lowest BCUT2D eigenvalue weighted by Crippen LogP contribution is -2.09. The van der Waals surface area contributed by atoms with Crippen molar-refractivity contribution >= 4 is 28.2 Å². The maximum Gasteiger partial charge on any atom is 0.142 e. The molecule has 21 heavy (non-hydrogen) atoms. The number of rotatable bonds is 3. The van der Waals surface area contributed by atoms with E-state index < -0.39 is 11.9 Å². The van der Waals surface area contributed by atoms with Gasteiger partial charge in [0.1, 0.15) is 11.9 Å². The number of hydrogen-bond acceptors (Lipinski definition) is 3.